The molecule has 13 aromatic rings. The molecule has 0 N–H and O–H groups in total. The van der Waals surface area contributed by atoms with Crippen molar-refractivity contribution in [1.82, 2.24) is 0 Å². The van der Waals surface area contributed by atoms with Gasteiger partial charge in [0.15, 0.2) is 23.4 Å². The van der Waals surface area contributed by atoms with Gasteiger partial charge in [0.25, 0.3) is 0 Å². The van der Waals surface area contributed by atoms with Gasteiger partial charge in [0.2, 0.25) is 11.2 Å². The maximum Gasteiger partial charge on any atom is 0.475 e. The number of carbonyl (C=O) groups is 2. The van der Waals surface area contributed by atoms with E-state index in [1.54, 1.807) is 24.3 Å². The van der Waals surface area contributed by atoms with Crippen molar-refractivity contribution in [3.05, 3.63) is 400 Å². The molecule has 6 atom stereocenters. The number of fused-ring (bicyclic) bond motifs is 1. The molecule has 0 saturated heterocycles. The smallest absolute Gasteiger partial charge is 0.475 e. The van der Waals surface area contributed by atoms with Gasteiger partial charge in [0.05, 0.1) is 52.5 Å². The van der Waals surface area contributed by atoms with E-state index in [2.05, 4.69) is 0 Å². The lowest BCUT2D eigenvalue weighted by Crippen LogP contribution is -2.67. The second-order valence-electron chi connectivity index (χ2n) is 27.2. The lowest BCUT2D eigenvalue weighted by atomic mass is 9.83. The molecule has 578 valence electrons. The highest BCUT2D eigenvalue weighted by Crippen LogP contribution is 2.55. The first-order chi connectivity index (χ1) is 56.1. The number of rotatable bonds is 38. The quantitative estimate of drug-likeness (QED) is 0.0201. The third-order valence-corrected chi connectivity index (χ3v) is 20.3. The first-order valence-electron chi connectivity index (χ1n) is 37.7. The minimum absolute atomic E-state index is 0.0148. The molecule has 14 rings (SSSR count). The molecule has 0 amide bonds. The SMILES string of the molecule is O=C(CCC(=O)O[C@H]1[C@H](OCc2ccccc2)[C@@H](OCc2ccccc2)[C@H](OCc2ccccc2)[C@@H](OCc2ccccc2)[C@H]1OP(=O)(OCc1ccccc1)OCc1ccccc1)Oc1cc(OCc2ccccc2)cc2oc(-c3ccc(OCc4ccccc4)c(OCc4ccccc4)c3)c(OCc3ccccc3)c(=O)c12. The van der Waals surface area contributed by atoms with Gasteiger partial charge >= 0.3 is 19.8 Å². The lowest BCUT2D eigenvalue weighted by molar-refractivity contribution is -0.275. The Morgan fingerprint density at radius 3 is 1.05 bits per heavy atom. The second kappa shape index (κ2) is 39.9. The molecule has 0 spiro atoms. The number of phosphoric acid groups is 1. The Hall–Kier alpha value is -12.1. The molecule has 1 aliphatic rings. The van der Waals surface area contributed by atoms with E-state index in [1.165, 1.54) is 6.07 Å². The molecule has 1 aliphatic carbocycles. The van der Waals surface area contributed by atoms with E-state index in [4.69, 9.17) is 65.4 Å². The highest BCUT2D eigenvalue weighted by molar-refractivity contribution is 7.48. The second-order valence-corrected chi connectivity index (χ2v) is 28.8. The van der Waals surface area contributed by atoms with Crippen LogP contribution in [0.2, 0.25) is 0 Å². The zero-order valence-corrected chi connectivity index (χ0v) is 63.4. The van der Waals surface area contributed by atoms with Crippen LogP contribution in [0.3, 0.4) is 0 Å². The molecule has 1 fully saturated rings. The molecule has 1 saturated carbocycles. The molecule has 0 aliphatic heterocycles. The van der Waals surface area contributed by atoms with Crippen LogP contribution in [0.25, 0.3) is 22.3 Å². The Labute approximate surface area is 661 Å². The third-order valence-electron chi connectivity index (χ3n) is 18.9. The van der Waals surface area contributed by atoms with Gasteiger partial charge in [-0.05, 0) is 73.8 Å². The fraction of sp³-hybridized carbons (Fsp3) is 0.189. The van der Waals surface area contributed by atoms with Crippen molar-refractivity contribution >= 4 is 30.7 Å². The molecular formula is C95H85O18P. The zero-order chi connectivity index (χ0) is 77.9. The highest BCUT2D eigenvalue weighted by atomic mass is 31.2. The number of phosphoric ester groups is 1. The molecule has 12 aromatic carbocycles. The number of esters is 2. The van der Waals surface area contributed by atoms with Crippen molar-refractivity contribution in [3.63, 3.8) is 0 Å². The Morgan fingerprint density at radius 1 is 0.316 bits per heavy atom. The molecule has 1 aromatic heterocycles. The largest absolute Gasteiger partial charge is 0.489 e. The van der Waals surface area contributed by atoms with E-state index in [-0.39, 0.29) is 100 Å². The summed E-state index contributed by atoms with van der Waals surface area (Å²) in [7, 11) is -4.88. The van der Waals surface area contributed by atoms with Crippen molar-refractivity contribution in [3.8, 4) is 40.1 Å². The van der Waals surface area contributed by atoms with Crippen LogP contribution in [-0.4, -0.2) is 48.6 Å². The number of hydrogen-bond donors (Lipinski definition) is 0. The van der Waals surface area contributed by atoms with Gasteiger partial charge in [-0.2, -0.15) is 0 Å². The van der Waals surface area contributed by atoms with Crippen LogP contribution < -0.4 is 29.1 Å². The van der Waals surface area contributed by atoms with E-state index in [0.29, 0.717) is 28.2 Å². The molecule has 19 heteroatoms. The van der Waals surface area contributed by atoms with Crippen molar-refractivity contribution in [2.24, 2.45) is 0 Å². The summed E-state index contributed by atoms with van der Waals surface area (Å²) >= 11 is 0. The summed E-state index contributed by atoms with van der Waals surface area (Å²) in [4.78, 5) is 46.3. The van der Waals surface area contributed by atoms with Crippen LogP contribution in [0, 0.1) is 0 Å². The fourth-order valence-corrected chi connectivity index (χ4v) is 14.4. The van der Waals surface area contributed by atoms with E-state index >= 15 is 18.9 Å². The average molecular weight is 1550 g/mol. The number of hydrogen-bond acceptors (Lipinski definition) is 18. The Balaban J connectivity index is 0.839. The number of ether oxygens (including phenoxy) is 10. The summed E-state index contributed by atoms with van der Waals surface area (Å²) < 4.78 is 110. The van der Waals surface area contributed by atoms with Gasteiger partial charge in [-0.3, -0.25) is 28.0 Å². The fourth-order valence-electron chi connectivity index (χ4n) is 13.0. The molecular weight excluding hydrogens is 1460 g/mol. The van der Waals surface area contributed by atoms with Crippen LogP contribution in [0.5, 0.6) is 28.7 Å². The van der Waals surface area contributed by atoms with Crippen LogP contribution in [0.4, 0.5) is 0 Å². The minimum atomic E-state index is -4.88. The van der Waals surface area contributed by atoms with Crippen molar-refractivity contribution in [1.29, 1.82) is 0 Å². The summed E-state index contributed by atoms with van der Waals surface area (Å²) in [5.41, 5.74) is 7.45. The van der Waals surface area contributed by atoms with E-state index < -0.39 is 74.7 Å². The predicted molar refractivity (Wildman–Crippen MR) is 431 cm³/mol. The van der Waals surface area contributed by atoms with Crippen molar-refractivity contribution in [2.75, 3.05) is 0 Å². The standard InChI is InChI=1S/C95H85O18P/c96-84(110-82-56-79(100-58-68-31-11-1-12-32-68)57-83-86(82)87(98)89(103-61-71-37-17-4-18-38-71)88(111-83)78-51-52-80(101-59-69-33-13-2-14-34-69)81(55-78)102-60-70-35-15-3-16-36-70)53-54-85(97)112-94-92(106-64-74-43-23-7-24-44-74)90(104-62-72-39-19-5-20-40-72)91(105-63-73-41-21-6-22-42-73)93(107-65-75-45-25-8-26-46-75)95(94)113-114(99,108-66-76-47-27-9-28-48-76)109-67-77-49-29-10-30-50-77/h1-52,55-57,90-95H,53-54,58-67H2/t90-,91-,92+,93+,94-,95+/m0/s1. The van der Waals surface area contributed by atoms with Crippen LogP contribution in [-0.2, 0) is 117 Å². The van der Waals surface area contributed by atoms with Gasteiger partial charge in [-0.25, -0.2) is 4.57 Å². The molecule has 0 bridgehead atoms. The highest BCUT2D eigenvalue weighted by Gasteiger charge is 2.58. The van der Waals surface area contributed by atoms with E-state index in [0.717, 1.165) is 44.5 Å². The maximum absolute atomic E-state index is 16.2. The molecule has 18 nitrogen and oxygen atoms in total. The monoisotopic (exact) mass is 1540 g/mol. The number of carbonyl (C=O) groups excluding carboxylic acids is 2. The van der Waals surface area contributed by atoms with Gasteiger partial charge in [0, 0.05) is 17.7 Å². The molecule has 1 heterocycles. The summed E-state index contributed by atoms with van der Waals surface area (Å²) in [6.07, 6.45) is -9.51. The first-order valence-corrected chi connectivity index (χ1v) is 39.2. The van der Waals surface area contributed by atoms with E-state index in [1.807, 2.05) is 303 Å². The van der Waals surface area contributed by atoms with E-state index in [9.17, 15) is 0 Å². The van der Waals surface area contributed by atoms with Gasteiger partial charge in [-0.15, -0.1) is 0 Å². The molecule has 0 unspecified atom stereocenters. The number of benzene rings is 12. The van der Waals surface area contributed by atoms with Gasteiger partial charge in [0.1, 0.15) is 79.4 Å². The summed E-state index contributed by atoms with van der Waals surface area (Å²) in [6.45, 7) is -0.139. The minimum Gasteiger partial charge on any atom is -0.489 e. The maximum atomic E-state index is 16.2. The van der Waals surface area contributed by atoms with Crippen LogP contribution >= 0.6 is 7.82 Å². The topological polar surface area (TPSA) is 201 Å². The van der Waals surface area contributed by atoms with Crippen LogP contribution in [0.1, 0.15) is 68.5 Å². The molecule has 0 radical (unpaired) electrons. The van der Waals surface area contributed by atoms with Crippen molar-refractivity contribution in [2.45, 2.75) is 116 Å². The third kappa shape index (κ3) is 22.0. The average Bonchev–Trinajstić information content (AvgIpc) is 0.759. The summed E-state index contributed by atoms with van der Waals surface area (Å²) in [6, 6.07) is 103. The normalized spacial score (nSPS) is 16.0. The van der Waals surface area contributed by atoms with Gasteiger partial charge in [-0.1, -0.05) is 303 Å². The summed E-state index contributed by atoms with van der Waals surface area (Å²) in [5.74, 6) is -1.42. The zero-order valence-electron chi connectivity index (χ0n) is 62.5. The first kappa shape index (κ1) is 78.6. The van der Waals surface area contributed by atoms with Crippen LogP contribution in [0.15, 0.2) is 343 Å². The summed E-state index contributed by atoms with van der Waals surface area (Å²) in [5, 5.41) is -0.172. The Morgan fingerprint density at radius 2 is 0.649 bits per heavy atom. The lowest BCUT2D eigenvalue weighted by Gasteiger charge is -2.49. The van der Waals surface area contributed by atoms with Crippen molar-refractivity contribution < 1.29 is 79.5 Å². The van der Waals surface area contributed by atoms with Gasteiger partial charge < -0.3 is 51.8 Å². The predicted octanol–water partition coefficient (Wildman–Crippen LogP) is 19.7. The molecule has 114 heavy (non-hydrogen) atoms. The Bertz CT molecular complexity index is 5230. The Kier molecular flexibility index (Phi) is 27.5.